The van der Waals surface area contributed by atoms with Gasteiger partial charge in [-0.3, -0.25) is 0 Å². The van der Waals surface area contributed by atoms with Gasteiger partial charge in [0.05, 0.1) is 18.6 Å². The Bertz CT molecular complexity index is 608. The number of halogens is 1. The third-order valence-electron chi connectivity index (χ3n) is 2.86. The molecule has 0 aliphatic carbocycles. The molecule has 102 valence electrons. The van der Waals surface area contributed by atoms with E-state index in [-0.39, 0.29) is 12.0 Å². The van der Waals surface area contributed by atoms with Crippen LogP contribution in [0.2, 0.25) is 0 Å². The van der Waals surface area contributed by atoms with Crippen molar-refractivity contribution >= 4 is 0 Å². The maximum atomic E-state index is 13.8. The Balaban J connectivity index is 2.04. The molecule has 0 spiro atoms. The number of nitrogens with zero attached hydrogens (tertiary/aromatic N) is 1. The van der Waals surface area contributed by atoms with Crippen LogP contribution < -0.4 is 4.74 Å². The zero-order valence-electron chi connectivity index (χ0n) is 10.8. The summed E-state index contributed by atoms with van der Waals surface area (Å²) < 4.78 is 19.3. The summed E-state index contributed by atoms with van der Waals surface area (Å²) >= 11 is 0. The molecular weight excluding hydrogens is 257 g/mol. The third-order valence-corrected chi connectivity index (χ3v) is 2.86. The molecule has 1 unspecified atom stereocenters. The first-order valence-corrected chi connectivity index (χ1v) is 6.22. The largest absolute Gasteiger partial charge is 0.489 e. The summed E-state index contributed by atoms with van der Waals surface area (Å²) in [6, 6.07) is 15.6. The van der Waals surface area contributed by atoms with Crippen molar-refractivity contribution in [2.75, 3.05) is 0 Å². The van der Waals surface area contributed by atoms with Crippen molar-refractivity contribution in [3.63, 3.8) is 0 Å². The van der Waals surface area contributed by atoms with Crippen LogP contribution in [0.4, 0.5) is 4.39 Å². The number of hydrogen-bond donors (Lipinski definition) is 1. The summed E-state index contributed by atoms with van der Waals surface area (Å²) in [5.41, 5.74) is 1.10. The lowest BCUT2D eigenvalue weighted by atomic mass is 10.1. The number of benzene rings is 2. The van der Waals surface area contributed by atoms with Crippen molar-refractivity contribution in [2.24, 2.45) is 0 Å². The molecule has 0 bridgehead atoms. The van der Waals surface area contributed by atoms with Gasteiger partial charge in [0.1, 0.15) is 18.2 Å². The smallest absolute Gasteiger partial charge is 0.132 e. The molecule has 0 amide bonds. The van der Waals surface area contributed by atoms with Gasteiger partial charge in [0, 0.05) is 11.6 Å². The summed E-state index contributed by atoms with van der Waals surface area (Å²) in [5, 5.41) is 18.1. The number of rotatable bonds is 5. The summed E-state index contributed by atoms with van der Waals surface area (Å²) in [6.45, 7) is 0.348. The van der Waals surface area contributed by atoms with Crippen molar-refractivity contribution in [1.29, 1.82) is 5.26 Å². The highest BCUT2D eigenvalue weighted by molar-refractivity contribution is 5.31. The first-order chi connectivity index (χ1) is 9.70. The highest BCUT2D eigenvalue weighted by Crippen LogP contribution is 2.24. The number of hydrogen-bond acceptors (Lipinski definition) is 3. The van der Waals surface area contributed by atoms with Crippen LogP contribution in [0.1, 0.15) is 23.7 Å². The van der Waals surface area contributed by atoms with Crippen molar-refractivity contribution in [1.82, 2.24) is 0 Å². The van der Waals surface area contributed by atoms with Gasteiger partial charge >= 0.3 is 0 Å². The van der Waals surface area contributed by atoms with Gasteiger partial charge in [-0.05, 0) is 17.7 Å². The Labute approximate surface area is 116 Å². The van der Waals surface area contributed by atoms with Gasteiger partial charge in [0.2, 0.25) is 0 Å². The van der Waals surface area contributed by atoms with Crippen LogP contribution in [0.5, 0.6) is 5.75 Å². The second-order valence-corrected chi connectivity index (χ2v) is 4.34. The van der Waals surface area contributed by atoms with Crippen molar-refractivity contribution in [3.8, 4) is 11.8 Å². The van der Waals surface area contributed by atoms with E-state index in [9.17, 15) is 9.50 Å². The zero-order valence-corrected chi connectivity index (χ0v) is 10.8. The Morgan fingerprint density at radius 2 is 1.95 bits per heavy atom. The monoisotopic (exact) mass is 271 g/mol. The molecule has 3 nitrogen and oxygen atoms in total. The summed E-state index contributed by atoms with van der Waals surface area (Å²) in [6.07, 6.45) is -1.25. The molecule has 4 heteroatoms. The van der Waals surface area contributed by atoms with E-state index in [1.807, 2.05) is 30.3 Å². The Morgan fingerprint density at radius 1 is 1.20 bits per heavy atom. The van der Waals surface area contributed by atoms with Crippen LogP contribution in [0.3, 0.4) is 0 Å². The molecule has 2 aromatic rings. The minimum Gasteiger partial charge on any atom is -0.489 e. The van der Waals surface area contributed by atoms with Gasteiger partial charge in [-0.1, -0.05) is 30.3 Å². The highest BCUT2D eigenvalue weighted by atomic mass is 19.1. The molecule has 0 fully saturated rings. The summed E-state index contributed by atoms with van der Waals surface area (Å²) in [7, 11) is 0. The first-order valence-electron chi connectivity index (χ1n) is 6.22. The maximum Gasteiger partial charge on any atom is 0.132 e. The predicted molar refractivity (Wildman–Crippen MR) is 72.4 cm³/mol. The molecule has 2 aromatic carbocycles. The van der Waals surface area contributed by atoms with E-state index in [1.165, 1.54) is 12.1 Å². The number of aliphatic hydroxyl groups is 1. The molecular formula is C16H14FNO2. The van der Waals surface area contributed by atoms with Crippen LogP contribution in [0.25, 0.3) is 0 Å². The standard InChI is InChI=1S/C16H14FNO2/c17-15-10-13(6-7-14(15)16(19)8-9-18)20-11-12-4-2-1-3-5-12/h1-7,10,16,19H,8,11H2. The number of ether oxygens (including phenoxy) is 1. The van der Waals surface area contributed by atoms with E-state index < -0.39 is 11.9 Å². The minimum absolute atomic E-state index is 0.110. The fraction of sp³-hybridized carbons (Fsp3) is 0.188. The van der Waals surface area contributed by atoms with Crippen molar-refractivity contribution in [2.45, 2.75) is 19.1 Å². The average Bonchev–Trinajstić information content (AvgIpc) is 2.46. The molecule has 20 heavy (non-hydrogen) atoms. The van der Waals surface area contributed by atoms with E-state index in [1.54, 1.807) is 12.1 Å². The lowest BCUT2D eigenvalue weighted by molar-refractivity contribution is 0.178. The molecule has 2 rings (SSSR count). The van der Waals surface area contributed by atoms with E-state index in [2.05, 4.69) is 0 Å². The third kappa shape index (κ3) is 3.56. The quantitative estimate of drug-likeness (QED) is 0.907. The molecule has 1 N–H and O–H groups in total. The van der Waals surface area contributed by atoms with E-state index in [0.717, 1.165) is 5.56 Å². The topological polar surface area (TPSA) is 53.2 Å². The fourth-order valence-corrected chi connectivity index (χ4v) is 1.81. The second-order valence-electron chi connectivity index (χ2n) is 4.34. The van der Waals surface area contributed by atoms with Crippen molar-refractivity contribution in [3.05, 3.63) is 65.5 Å². The van der Waals surface area contributed by atoms with E-state index in [0.29, 0.717) is 12.4 Å². The van der Waals surface area contributed by atoms with Crippen LogP contribution in [-0.4, -0.2) is 5.11 Å². The zero-order chi connectivity index (χ0) is 14.4. The van der Waals surface area contributed by atoms with Crippen molar-refractivity contribution < 1.29 is 14.2 Å². The van der Waals surface area contributed by atoms with Crippen LogP contribution in [0.15, 0.2) is 48.5 Å². The fourth-order valence-electron chi connectivity index (χ4n) is 1.81. The number of aliphatic hydroxyl groups excluding tert-OH is 1. The second kappa shape index (κ2) is 6.69. The normalized spacial score (nSPS) is 11.7. The van der Waals surface area contributed by atoms with Crippen LogP contribution in [0, 0.1) is 17.1 Å². The van der Waals surface area contributed by atoms with E-state index >= 15 is 0 Å². The number of nitriles is 1. The van der Waals surface area contributed by atoms with Gasteiger partial charge in [0.25, 0.3) is 0 Å². The summed E-state index contributed by atoms with van der Waals surface area (Å²) in [5.74, 6) is -0.183. The lowest BCUT2D eigenvalue weighted by Gasteiger charge is -2.11. The van der Waals surface area contributed by atoms with Gasteiger partial charge in [-0.15, -0.1) is 0 Å². The SMILES string of the molecule is N#CCC(O)c1ccc(OCc2ccccc2)cc1F. The molecule has 0 radical (unpaired) electrons. The molecule has 0 heterocycles. The Kier molecular flexibility index (Phi) is 4.70. The van der Waals surface area contributed by atoms with Gasteiger partial charge in [-0.25, -0.2) is 4.39 Å². The van der Waals surface area contributed by atoms with E-state index in [4.69, 9.17) is 10.00 Å². The predicted octanol–water partition coefficient (Wildman–Crippen LogP) is 3.35. The molecule has 0 saturated heterocycles. The first kappa shape index (κ1) is 14.0. The Hall–Kier alpha value is -2.38. The molecule has 0 aliphatic heterocycles. The molecule has 0 aromatic heterocycles. The highest BCUT2D eigenvalue weighted by Gasteiger charge is 2.13. The van der Waals surface area contributed by atoms with Gasteiger partial charge < -0.3 is 9.84 Å². The van der Waals surface area contributed by atoms with Crippen LogP contribution in [-0.2, 0) is 6.61 Å². The molecule has 0 saturated carbocycles. The Morgan fingerprint density at radius 3 is 2.60 bits per heavy atom. The summed E-state index contributed by atoms with van der Waals surface area (Å²) in [4.78, 5) is 0. The average molecular weight is 271 g/mol. The minimum atomic E-state index is -1.11. The van der Waals surface area contributed by atoms with Gasteiger partial charge in [0.15, 0.2) is 0 Å². The van der Waals surface area contributed by atoms with Gasteiger partial charge in [-0.2, -0.15) is 5.26 Å². The maximum absolute atomic E-state index is 13.8. The van der Waals surface area contributed by atoms with Crippen LogP contribution >= 0.6 is 0 Å². The lowest BCUT2D eigenvalue weighted by Crippen LogP contribution is -2.01. The molecule has 1 atom stereocenters. The molecule has 0 aliphatic rings.